The van der Waals surface area contributed by atoms with Crippen molar-refractivity contribution in [2.45, 2.75) is 89.2 Å². The minimum atomic E-state index is -0.660. The number of carbonyl (C=O) groups is 2. The van der Waals surface area contributed by atoms with Crippen LogP contribution in [0.3, 0.4) is 0 Å². The molecule has 24 heavy (non-hydrogen) atoms. The SMILES string of the molecule is C[C@@H](OC(=O)CC1CCCC1)C(=O)NC12CC3CC(CC(C3)C1)C2. The van der Waals surface area contributed by atoms with Crippen molar-refractivity contribution in [2.75, 3.05) is 0 Å². The molecule has 1 N–H and O–H groups in total. The predicted octanol–water partition coefficient (Wildman–Crippen LogP) is 3.58. The normalized spacial score (nSPS) is 39.0. The molecule has 0 aromatic rings. The third-order valence-corrected chi connectivity index (χ3v) is 7.03. The van der Waals surface area contributed by atoms with E-state index < -0.39 is 6.10 Å². The Bertz CT molecular complexity index is 474. The lowest BCUT2D eigenvalue weighted by atomic mass is 9.53. The van der Waals surface area contributed by atoms with E-state index in [9.17, 15) is 9.59 Å². The van der Waals surface area contributed by atoms with E-state index in [1.807, 2.05) is 0 Å². The summed E-state index contributed by atoms with van der Waals surface area (Å²) in [5.74, 6) is 2.59. The summed E-state index contributed by atoms with van der Waals surface area (Å²) in [5, 5.41) is 3.31. The Morgan fingerprint density at radius 1 is 1.04 bits per heavy atom. The van der Waals surface area contributed by atoms with Crippen LogP contribution in [-0.4, -0.2) is 23.5 Å². The zero-order valence-corrected chi connectivity index (χ0v) is 14.9. The van der Waals surface area contributed by atoms with Crippen LogP contribution >= 0.6 is 0 Å². The molecule has 0 saturated heterocycles. The number of amides is 1. The number of hydrogen-bond acceptors (Lipinski definition) is 3. The van der Waals surface area contributed by atoms with Gasteiger partial charge in [-0.05, 0) is 82.0 Å². The maximum atomic E-state index is 12.6. The molecule has 0 spiro atoms. The molecular formula is C20H31NO3. The second kappa shape index (κ2) is 6.34. The summed E-state index contributed by atoms with van der Waals surface area (Å²) >= 11 is 0. The number of ether oxygens (including phenoxy) is 1. The lowest BCUT2D eigenvalue weighted by Crippen LogP contribution is -2.61. The van der Waals surface area contributed by atoms with Gasteiger partial charge in [0, 0.05) is 12.0 Å². The van der Waals surface area contributed by atoms with Gasteiger partial charge in [-0.25, -0.2) is 0 Å². The van der Waals surface area contributed by atoms with Crippen LogP contribution in [0.4, 0.5) is 0 Å². The van der Waals surface area contributed by atoms with Crippen molar-refractivity contribution in [3.05, 3.63) is 0 Å². The third kappa shape index (κ3) is 3.34. The molecular weight excluding hydrogens is 302 g/mol. The van der Waals surface area contributed by atoms with Crippen molar-refractivity contribution in [3.8, 4) is 0 Å². The first kappa shape index (κ1) is 16.4. The van der Waals surface area contributed by atoms with Gasteiger partial charge < -0.3 is 10.1 Å². The summed E-state index contributed by atoms with van der Waals surface area (Å²) in [6.07, 6.45) is 12.0. The lowest BCUT2D eigenvalue weighted by molar-refractivity contribution is -0.157. The highest BCUT2D eigenvalue weighted by molar-refractivity contribution is 5.84. The van der Waals surface area contributed by atoms with Crippen LogP contribution < -0.4 is 5.32 Å². The smallest absolute Gasteiger partial charge is 0.306 e. The molecule has 4 bridgehead atoms. The Balaban J connectivity index is 1.30. The van der Waals surface area contributed by atoms with E-state index in [-0.39, 0.29) is 17.4 Å². The largest absolute Gasteiger partial charge is 0.453 e. The van der Waals surface area contributed by atoms with E-state index in [1.165, 1.54) is 32.1 Å². The highest BCUT2D eigenvalue weighted by Gasteiger charge is 2.51. The third-order valence-electron chi connectivity index (χ3n) is 7.03. The summed E-state index contributed by atoms with van der Waals surface area (Å²) in [6.45, 7) is 1.72. The Hall–Kier alpha value is -1.06. The maximum Gasteiger partial charge on any atom is 0.306 e. The molecule has 134 valence electrons. The quantitative estimate of drug-likeness (QED) is 0.782. The monoisotopic (exact) mass is 333 g/mol. The molecule has 5 rings (SSSR count). The number of hydrogen-bond donors (Lipinski definition) is 1. The molecule has 5 aliphatic rings. The summed E-state index contributed by atoms with van der Waals surface area (Å²) in [7, 11) is 0. The zero-order chi connectivity index (χ0) is 16.7. The van der Waals surface area contributed by atoms with Gasteiger partial charge in [0.2, 0.25) is 0 Å². The van der Waals surface area contributed by atoms with E-state index >= 15 is 0 Å². The van der Waals surface area contributed by atoms with Crippen molar-refractivity contribution >= 4 is 11.9 Å². The van der Waals surface area contributed by atoms with E-state index in [4.69, 9.17) is 4.74 Å². The first-order valence-corrected chi connectivity index (χ1v) is 10.0. The lowest BCUT2D eigenvalue weighted by Gasteiger charge is -2.57. The van der Waals surface area contributed by atoms with Crippen molar-refractivity contribution < 1.29 is 14.3 Å². The molecule has 0 unspecified atom stereocenters. The molecule has 1 amide bonds. The van der Waals surface area contributed by atoms with E-state index in [1.54, 1.807) is 6.92 Å². The molecule has 0 aromatic heterocycles. The van der Waals surface area contributed by atoms with Crippen LogP contribution in [0.1, 0.15) is 77.6 Å². The van der Waals surface area contributed by atoms with Crippen molar-refractivity contribution in [2.24, 2.45) is 23.7 Å². The fourth-order valence-electron chi connectivity index (χ4n) is 6.38. The number of rotatable bonds is 5. The standard InChI is InChI=1S/C20H31NO3/c1-13(24-18(22)9-14-4-2-3-5-14)19(23)21-20-10-15-6-16(11-20)8-17(7-15)12-20/h13-17H,2-12H2,1H3,(H,21,23)/t13-,15?,16?,17?,20?/m1/s1. The van der Waals surface area contributed by atoms with Gasteiger partial charge in [0.25, 0.3) is 5.91 Å². The number of carbonyl (C=O) groups excluding carboxylic acids is 2. The molecule has 5 saturated carbocycles. The summed E-state index contributed by atoms with van der Waals surface area (Å²) in [6, 6.07) is 0. The first-order valence-electron chi connectivity index (χ1n) is 10.0. The molecule has 0 aromatic carbocycles. The molecule has 5 aliphatic carbocycles. The van der Waals surface area contributed by atoms with E-state index in [2.05, 4.69) is 5.32 Å². The second-order valence-corrected chi connectivity index (χ2v) is 9.17. The minimum absolute atomic E-state index is 0.00203. The predicted molar refractivity (Wildman–Crippen MR) is 91.2 cm³/mol. The average molecular weight is 333 g/mol. The molecule has 0 heterocycles. The van der Waals surface area contributed by atoms with Crippen LogP contribution in [0.15, 0.2) is 0 Å². The van der Waals surface area contributed by atoms with Gasteiger partial charge >= 0.3 is 5.97 Å². The molecule has 4 nitrogen and oxygen atoms in total. The fraction of sp³-hybridized carbons (Fsp3) is 0.900. The van der Waals surface area contributed by atoms with Crippen molar-refractivity contribution in [1.82, 2.24) is 5.32 Å². The van der Waals surface area contributed by atoms with Crippen LogP contribution in [-0.2, 0) is 14.3 Å². The Morgan fingerprint density at radius 3 is 2.12 bits per heavy atom. The van der Waals surface area contributed by atoms with Crippen LogP contribution in [0, 0.1) is 23.7 Å². The minimum Gasteiger partial charge on any atom is -0.453 e. The molecule has 4 heteroatoms. The van der Waals surface area contributed by atoms with Gasteiger partial charge in [-0.15, -0.1) is 0 Å². The molecule has 1 atom stereocenters. The average Bonchev–Trinajstić information content (AvgIpc) is 2.97. The van der Waals surface area contributed by atoms with Gasteiger partial charge in [0.05, 0.1) is 0 Å². The van der Waals surface area contributed by atoms with E-state index in [0.717, 1.165) is 49.9 Å². The Morgan fingerprint density at radius 2 is 1.58 bits per heavy atom. The van der Waals surface area contributed by atoms with Crippen LogP contribution in [0.5, 0.6) is 0 Å². The van der Waals surface area contributed by atoms with Gasteiger partial charge in [-0.2, -0.15) is 0 Å². The zero-order valence-electron chi connectivity index (χ0n) is 14.9. The highest BCUT2D eigenvalue weighted by atomic mass is 16.5. The van der Waals surface area contributed by atoms with Gasteiger partial charge in [-0.3, -0.25) is 9.59 Å². The highest BCUT2D eigenvalue weighted by Crippen LogP contribution is 2.55. The topological polar surface area (TPSA) is 55.4 Å². The van der Waals surface area contributed by atoms with Gasteiger partial charge in [0.1, 0.15) is 0 Å². The van der Waals surface area contributed by atoms with Gasteiger partial charge in [-0.1, -0.05) is 12.8 Å². The summed E-state index contributed by atoms with van der Waals surface area (Å²) in [5.41, 5.74) is -0.00203. The molecule has 5 fully saturated rings. The van der Waals surface area contributed by atoms with Gasteiger partial charge in [0.15, 0.2) is 6.10 Å². The Labute approximate surface area is 145 Å². The number of esters is 1. The molecule has 0 aliphatic heterocycles. The first-order chi connectivity index (χ1) is 11.5. The van der Waals surface area contributed by atoms with Crippen LogP contribution in [0.25, 0.3) is 0 Å². The van der Waals surface area contributed by atoms with Crippen molar-refractivity contribution in [3.63, 3.8) is 0 Å². The molecule has 0 radical (unpaired) electrons. The number of nitrogens with one attached hydrogen (secondary N) is 1. The Kier molecular flexibility index (Phi) is 4.34. The second-order valence-electron chi connectivity index (χ2n) is 9.17. The van der Waals surface area contributed by atoms with E-state index in [0.29, 0.717) is 12.3 Å². The summed E-state index contributed by atoms with van der Waals surface area (Å²) in [4.78, 5) is 24.7. The maximum absolute atomic E-state index is 12.6. The fourth-order valence-corrected chi connectivity index (χ4v) is 6.38. The van der Waals surface area contributed by atoms with Crippen LogP contribution in [0.2, 0.25) is 0 Å². The van der Waals surface area contributed by atoms with Crippen molar-refractivity contribution in [1.29, 1.82) is 0 Å². The summed E-state index contributed by atoms with van der Waals surface area (Å²) < 4.78 is 5.44.